The van der Waals surface area contributed by atoms with Crippen LogP contribution in [0.1, 0.15) is 20.8 Å². The highest BCUT2D eigenvalue weighted by Crippen LogP contribution is 2.08. The van der Waals surface area contributed by atoms with Crippen LogP contribution in [0.5, 0.6) is 0 Å². The van der Waals surface area contributed by atoms with Gasteiger partial charge in [0, 0.05) is 26.2 Å². The molecule has 0 aromatic carbocycles. The summed E-state index contributed by atoms with van der Waals surface area (Å²) in [5.41, 5.74) is 0. The van der Waals surface area contributed by atoms with Gasteiger partial charge in [0.2, 0.25) is 5.91 Å². The molecule has 0 aliphatic carbocycles. The fourth-order valence-electron chi connectivity index (χ4n) is 1.40. The van der Waals surface area contributed by atoms with E-state index in [1.165, 1.54) is 0 Å². The molecule has 4 nitrogen and oxygen atoms in total. The summed E-state index contributed by atoms with van der Waals surface area (Å²) in [6.07, 6.45) is 0. The summed E-state index contributed by atoms with van der Waals surface area (Å²) in [6.45, 7) is 8.67. The molecule has 0 aliphatic rings. The van der Waals surface area contributed by atoms with Gasteiger partial charge in [0.1, 0.15) is 0 Å². The lowest BCUT2D eigenvalue weighted by molar-refractivity contribution is -0.133. The standard InChI is InChI=1S/C12H27N3O/c1-10(2)11(3)15(6)12(16)9-14(5)8-7-13-4/h10-11,13H,7-9H2,1-6H3/t11-/m0/s1. The van der Waals surface area contributed by atoms with E-state index >= 15 is 0 Å². The lowest BCUT2D eigenvalue weighted by atomic mass is 10.1. The molecule has 0 aromatic heterocycles. The molecule has 4 heteroatoms. The number of carbonyl (C=O) groups is 1. The Kier molecular flexibility index (Phi) is 7.34. The van der Waals surface area contributed by atoms with Crippen molar-refractivity contribution in [3.05, 3.63) is 0 Å². The van der Waals surface area contributed by atoms with Crippen LogP contribution in [-0.2, 0) is 4.79 Å². The number of rotatable bonds is 7. The van der Waals surface area contributed by atoms with E-state index in [4.69, 9.17) is 0 Å². The van der Waals surface area contributed by atoms with Gasteiger partial charge in [-0.2, -0.15) is 0 Å². The molecule has 0 aliphatic heterocycles. The third-order valence-corrected chi connectivity index (χ3v) is 3.12. The van der Waals surface area contributed by atoms with Crippen molar-refractivity contribution >= 4 is 5.91 Å². The van der Waals surface area contributed by atoms with Crippen molar-refractivity contribution in [2.75, 3.05) is 40.8 Å². The van der Waals surface area contributed by atoms with Crippen LogP contribution in [0.2, 0.25) is 0 Å². The van der Waals surface area contributed by atoms with Gasteiger partial charge in [0.15, 0.2) is 0 Å². The molecule has 0 saturated carbocycles. The maximum atomic E-state index is 11.9. The minimum absolute atomic E-state index is 0.194. The average Bonchev–Trinajstić information content (AvgIpc) is 2.23. The van der Waals surface area contributed by atoms with Crippen LogP contribution in [0.3, 0.4) is 0 Å². The van der Waals surface area contributed by atoms with Crippen LogP contribution in [0.4, 0.5) is 0 Å². The normalized spacial score (nSPS) is 13.2. The van der Waals surface area contributed by atoms with Gasteiger partial charge in [-0.05, 0) is 26.9 Å². The predicted octanol–water partition coefficient (Wildman–Crippen LogP) is 0.641. The summed E-state index contributed by atoms with van der Waals surface area (Å²) in [4.78, 5) is 15.8. The molecule has 0 aromatic rings. The number of carbonyl (C=O) groups excluding carboxylic acids is 1. The highest BCUT2D eigenvalue weighted by molar-refractivity contribution is 5.78. The summed E-state index contributed by atoms with van der Waals surface area (Å²) in [5, 5.41) is 3.08. The predicted molar refractivity (Wildman–Crippen MR) is 68.5 cm³/mol. The molecule has 0 bridgehead atoms. The molecule has 1 amide bonds. The summed E-state index contributed by atoms with van der Waals surface area (Å²) < 4.78 is 0. The van der Waals surface area contributed by atoms with Gasteiger partial charge in [-0.1, -0.05) is 13.8 Å². The Morgan fingerprint density at radius 2 is 1.81 bits per heavy atom. The maximum Gasteiger partial charge on any atom is 0.236 e. The van der Waals surface area contributed by atoms with E-state index in [9.17, 15) is 4.79 Å². The van der Waals surface area contributed by atoms with Gasteiger partial charge in [-0.3, -0.25) is 9.69 Å². The Hall–Kier alpha value is -0.610. The van der Waals surface area contributed by atoms with Crippen molar-refractivity contribution in [2.24, 2.45) is 5.92 Å². The van der Waals surface area contributed by atoms with Crippen LogP contribution in [0.25, 0.3) is 0 Å². The van der Waals surface area contributed by atoms with E-state index < -0.39 is 0 Å². The van der Waals surface area contributed by atoms with Crippen LogP contribution in [0.15, 0.2) is 0 Å². The molecule has 96 valence electrons. The number of amides is 1. The largest absolute Gasteiger partial charge is 0.342 e. The highest BCUT2D eigenvalue weighted by atomic mass is 16.2. The molecule has 16 heavy (non-hydrogen) atoms. The van der Waals surface area contributed by atoms with Crippen LogP contribution >= 0.6 is 0 Å². The fraction of sp³-hybridized carbons (Fsp3) is 0.917. The molecular weight excluding hydrogens is 202 g/mol. The second kappa shape index (κ2) is 7.63. The van der Waals surface area contributed by atoms with Gasteiger partial charge >= 0.3 is 0 Å². The minimum atomic E-state index is 0.194. The van der Waals surface area contributed by atoms with Crippen molar-refractivity contribution in [1.29, 1.82) is 0 Å². The fourth-order valence-corrected chi connectivity index (χ4v) is 1.40. The van der Waals surface area contributed by atoms with E-state index in [2.05, 4.69) is 26.1 Å². The summed E-state index contributed by atoms with van der Waals surface area (Å²) in [6, 6.07) is 0.296. The first-order valence-electron chi connectivity index (χ1n) is 5.99. The first-order valence-corrected chi connectivity index (χ1v) is 5.99. The maximum absolute atomic E-state index is 11.9. The van der Waals surface area contributed by atoms with Crippen molar-refractivity contribution in [2.45, 2.75) is 26.8 Å². The zero-order valence-electron chi connectivity index (χ0n) is 11.6. The first kappa shape index (κ1) is 15.4. The van der Waals surface area contributed by atoms with Crippen molar-refractivity contribution in [3.8, 4) is 0 Å². The Morgan fingerprint density at radius 3 is 2.25 bits per heavy atom. The van der Waals surface area contributed by atoms with Gasteiger partial charge in [-0.15, -0.1) is 0 Å². The second-order valence-electron chi connectivity index (χ2n) is 4.83. The zero-order chi connectivity index (χ0) is 12.7. The Labute approximate surface area is 100.0 Å². The number of hydrogen-bond acceptors (Lipinski definition) is 3. The molecule has 0 saturated heterocycles. The molecule has 0 unspecified atom stereocenters. The Bertz CT molecular complexity index is 206. The second-order valence-corrected chi connectivity index (χ2v) is 4.83. The molecule has 0 fully saturated rings. The number of nitrogens with one attached hydrogen (secondary N) is 1. The molecule has 1 atom stereocenters. The summed E-state index contributed by atoms with van der Waals surface area (Å²) in [7, 11) is 5.78. The SMILES string of the molecule is CNCCN(C)CC(=O)N(C)[C@@H](C)C(C)C. The van der Waals surface area contributed by atoms with E-state index in [1.807, 2.05) is 30.9 Å². The highest BCUT2D eigenvalue weighted by Gasteiger charge is 2.19. The topological polar surface area (TPSA) is 35.6 Å². The van der Waals surface area contributed by atoms with Crippen LogP contribution in [0, 0.1) is 5.92 Å². The molecule has 0 heterocycles. The van der Waals surface area contributed by atoms with E-state index in [1.54, 1.807) is 0 Å². The third kappa shape index (κ3) is 5.47. The molecule has 1 N–H and O–H groups in total. The van der Waals surface area contributed by atoms with E-state index in [-0.39, 0.29) is 5.91 Å². The lowest BCUT2D eigenvalue weighted by Gasteiger charge is -2.29. The van der Waals surface area contributed by atoms with Crippen LogP contribution < -0.4 is 5.32 Å². The Balaban J connectivity index is 4.04. The molecular formula is C12H27N3O. The monoisotopic (exact) mass is 229 g/mol. The smallest absolute Gasteiger partial charge is 0.236 e. The average molecular weight is 229 g/mol. The zero-order valence-corrected chi connectivity index (χ0v) is 11.6. The summed E-state index contributed by atoms with van der Waals surface area (Å²) in [5.74, 6) is 0.691. The number of likely N-dealkylation sites (N-methyl/N-ethyl adjacent to an activating group) is 3. The van der Waals surface area contributed by atoms with Crippen LogP contribution in [-0.4, -0.2) is 62.5 Å². The van der Waals surface area contributed by atoms with Gasteiger partial charge < -0.3 is 10.2 Å². The van der Waals surface area contributed by atoms with Crippen molar-refractivity contribution in [3.63, 3.8) is 0 Å². The summed E-state index contributed by atoms with van der Waals surface area (Å²) >= 11 is 0. The van der Waals surface area contributed by atoms with E-state index in [0.717, 1.165) is 13.1 Å². The molecule has 0 rings (SSSR count). The lowest BCUT2D eigenvalue weighted by Crippen LogP contribution is -2.44. The quantitative estimate of drug-likeness (QED) is 0.696. The molecule has 0 radical (unpaired) electrons. The first-order chi connectivity index (χ1) is 7.40. The minimum Gasteiger partial charge on any atom is -0.342 e. The molecule has 0 spiro atoms. The van der Waals surface area contributed by atoms with Crippen molar-refractivity contribution < 1.29 is 4.79 Å². The van der Waals surface area contributed by atoms with Crippen molar-refractivity contribution in [1.82, 2.24) is 15.1 Å². The van der Waals surface area contributed by atoms with Gasteiger partial charge in [0.25, 0.3) is 0 Å². The third-order valence-electron chi connectivity index (χ3n) is 3.12. The Morgan fingerprint density at radius 1 is 1.25 bits per heavy atom. The van der Waals surface area contributed by atoms with Gasteiger partial charge in [0.05, 0.1) is 6.54 Å². The van der Waals surface area contributed by atoms with Gasteiger partial charge in [-0.25, -0.2) is 0 Å². The van der Waals surface area contributed by atoms with E-state index in [0.29, 0.717) is 18.5 Å². The number of hydrogen-bond donors (Lipinski definition) is 1. The number of nitrogens with zero attached hydrogens (tertiary/aromatic N) is 2.